The average molecular weight is 383 g/mol. The van der Waals surface area contributed by atoms with Crippen molar-refractivity contribution in [2.75, 3.05) is 37.9 Å². The molecule has 28 heavy (non-hydrogen) atoms. The Morgan fingerprint density at radius 3 is 2.57 bits per heavy atom. The second-order valence-corrected chi connectivity index (χ2v) is 6.56. The second-order valence-electron chi connectivity index (χ2n) is 6.56. The van der Waals surface area contributed by atoms with Crippen LogP contribution in [0.15, 0.2) is 36.7 Å². The third kappa shape index (κ3) is 4.13. The van der Waals surface area contributed by atoms with Gasteiger partial charge < -0.3 is 24.6 Å². The molecule has 1 saturated heterocycles. The first kappa shape index (κ1) is 18.0. The topological polar surface area (TPSA) is 96.9 Å². The summed E-state index contributed by atoms with van der Waals surface area (Å²) in [5.74, 6) is 1.57. The molecule has 0 saturated carbocycles. The van der Waals surface area contributed by atoms with Crippen LogP contribution in [0.3, 0.4) is 0 Å². The van der Waals surface area contributed by atoms with E-state index < -0.39 is 0 Å². The first-order chi connectivity index (χ1) is 13.7. The van der Waals surface area contributed by atoms with Crippen LogP contribution in [0.2, 0.25) is 0 Å². The zero-order valence-corrected chi connectivity index (χ0v) is 15.3. The lowest BCUT2D eigenvalue weighted by Crippen LogP contribution is -2.50. The highest BCUT2D eigenvalue weighted by molar-refractivity contribution is 5.96. The number of aromatic nitrogens is 2. The number of amides is 2. The molecule has 2 aromatic rings. The van der Waals surface area contributed by atoms with Crippen molar-refractivity contribution in [3.8, 4) is 11.5 Å². The molecule has 146 valence electrons. The van der Waals surface area contributed by atoms with Gasteiger partial charge in [-0.05, 0) is 23.8 Å². The van der Waals surface area contributed by atoms with Gasteiger partial charge in [-0.2, -0.15) is 0 Å². The minimum atomic E-state index is -0.295. The van der Waals surface area contributed by atoms with Gasteiger partial charge in [0.2, 0.25) is 24.6 Å². The molecule has 0 radical (unpaired) electrons. The summed E-state index contributed by atoms with van der Waals surface area (Å²) in [4.78, 5) is 36.7. The highest BCUT2D eigenvalue weighted by Crippen LogP contribution is 2.32. The molecule has 9 heteroatoms. The largest absolute Gasteiger partial charge is 0.454 e. The summed E-state index contributed by atoms with van der Waals surface area (Å²) in [6.07, 6.45) is 3.24. The molecule has 2 aliphatic heterocycles. The molecular formula is C19H21N5O4. The molecule has 1 N–H and O–H groups in total. The van der Waals surface area contributed by atoms with E-state index in [-0.39, 0.29) is 25.0 Å². The van der Waals surface area contributed by atoms with Crippen LogP contribution in [0.5, 0.6) is 11.5 Å². The first-order valence-electron chi connectivity index (χ1n) is 9.14. The van der Waals surface area contributed by atoms with Gasteiger partial charge in [0, 0.05) is 45.1 Å². The van der Waals surface area contributed by atoms with Gasteiger partial charge in [-0.15, -0.1) is 0 Å². The molecule has 3 heterocycles. The Labute approximate surface area is 162 Å². The molecule has 1 aromatic heterocycles. The molecule has 0 aliphatic carbocycles. The zero-order valence-electron chi connectivity index (χ0n) is 15.3. The van der Waals surface area contributed by atoms with Gasteiger partial charge in [0.1, 0.15) is 6.42 Å². The van der Waals surface area contributed by atoms with Crippen molar-refractivity contribution < 1.29 is 19.1 Å². The van der Waals surface area contributed by atoms with Gasteiger partial charge in [0.05, 0.1) is 0 Å². The Balaban J connectivity index is 1.22. The van der Waals surface area contributed by atoms with E-state index in [1.807, 2.05) is 23.1 Å². The molecule has 1 aromatic carbocycles. The van der Waals surface area contributed by atoms with Crippen molar-refractivity contribution >= 4 is 17.8 Å². The van der Waals surface area contributed by atoms with Crippen molar-refractivity contribution in [2.24, 2.45) is 0 Å². The van der Waals surface area contributed by atoms with Gasteiger partial charge in [-0.1, -0.05) is 6.07 Å². The third-order valence-corrected chi connectivity index (χ3v) is 4.71. The maximum absolute atomic E-state index is 12.4. The lowest BCUT2D eigenvalue weighted by atomic mass is 10.2. The van der Waals surface area contributed by atoms with Crippen molar-refractivity contribution in [3.63, 3.8) is 0 Å². The minimum Gasteiger partial charge on any atom is -0.454 e. The predicted molar refractivity (Wildman–Crippen MR) is 99.9 cm³/mol. The standard InChI is InChI=1S/C19H21N5O4/c25-17(22-12-14-2-3-15-16(10-14)28-13-27-15)11-18(26)23-6-8-24(9-7-23)19-20-4-1-5-21-19/h1-5,10H,6-9,11-13H2,(H,22,25). The van der Waals surface area contributed by atoms with Gasteiger partial charge in [0.25, 0.3) is 0 Å². The lowest BCUT2D eigenvalue weighted by molar-refractivity contribution is -0.136. The van der Waals surface area contributed by atoms with E-state index in [0.29, 0.717) is 50.2 Å². The zero-order chi connectivity index (χ0) is 19.3. The summed E-state index contributed by atoms with van der Waals surface area (Å²) in [6, 6.07) is 7.27. The normalized spacial score (nSPS) is 15.4. The lowest BCUT2D eigenvalue weighted by Gasteiger charge is -2.34. The quantitative estimate of drug-likeness (QED) is 0.754. The molecule has 4 rings (SSSR count). The van der Waals surface area contributed by atoms with Gasteiger partial charge >= 0.3 is 0 Å². The molecular weight excluding hydrogens is 362 g/mol. The summed E-state index contributed by atoms with van der Waals surface area (Å²) in [6.45, 7) is 2.94. The third-order valence-electron chi connectivity index (χ3n) is 4.71. The Kier molecular flexibility index (Phi) is 5.22. The molecule has 2 aliphatic rings. The highest BCUT2D eigenvalue weighted by atomic mass is 16.7. The van der Waals surface area contributed by atoms with E-state index in [0.717, 1.165) is 5.56 Å². The van der Waals surface area contributed by atoms with Crippen molar-refractivity contribution in [1.82, 2.24) is 20.2 Å². The molecule has 0 unspecified atom stereocenters. The van der Waals surface area contributed by atoms with Crippen molar-refractivity contribution in [2.45, 2.75) is 13.0 Å². The van der Waals surface area contributed by atoms with E-state index in [9.17, 15) is 9.59 Å². The van der Waals surface area contributed by atoms with E-state index >= 15 is 0 Å². The number of carbonyl (C=O) groups is 2. The van der Waals surface area contributed by atoms with Crippen molar-refractivity contribution in [1.29, 1.82) is 0 Å². The second kappa shape index (κ2) is 8.12. The fraction of sp³-hybridized carbons (Fsp3) is 0.368. The molecule has 2 amide bonds. The number of benzene rings is 1. The average Bonchev–Trinajstić information content (AvgIpc) is 3.21. The monoisotopic (exact) mass is 383 g/mol. The highest BCUT2D eigenvalue weighted by Gasteiger charge is 2.24. The summed E-state index contributed by atoms with van der Waals surface area (Å²) in [7, 11) is 0. The minimum absolute atomic E-state index is 0.160. The van der Waals surface area contributed by atoms with Crippen LogP contribution in [0.4, 0.5) is 5.95 Å². The van der Waals surface area contributed by atoms with Crippen LogP contribution in [0.25, 0.3) is 0 Å². The van der Waals surface area contributed by atoms with Crippen molar-refractivity contribution in [3.05, 3.63) is 42.2 Å². The van der Waals surface area contributed by atoms with Gasteiger partial charge in [-0.25, -0.2) is 9.97 Å². The summed E-state index contributed by atoms with van der Waals surface area (Å²) in [5.41, 5.74) is 0.890. The van der Waals surface area contributed by atoms with E-state index in [1.165, 1.54) is 0 Å². The van der Waals surface area contributed by atoms with E-state index in [2.05, 4.69) is 15.3 Å². The number of carbonyl (C=O) groups excluding carboxylic acids is 2. The van der Waals surface area contributed by atoms with Crippen LogP contribution < -0.4 is 19.7 Å². The van der Waals surface area contributed by atoms with Gasteiger partial charge in [0.15, 0.2) is 11.5 Å². The number of hydrogen-bond donors (Lipinski definition) is 1. The fourth-order valence-electron chi connectivity index (χ4n) is 3.17. The Hall–Kier alpha value is -3.36. The Bertz CT molecular complexity index is 853. The Morgan fingerprint density at radius 1 is 1.04 bits per heavy atom. The number of hydrogen-bond acceptors (Lipinski definition) is 7. The summed E-state index contributed by atoms with van der Waals surface area (Å²) < 4.78 is 10.6. The number of nitrogens with zero attached hydrogens (tertiary/aromatic N) is 4. The maximum Gasteiger partial charge on any atom is 0.232 e. The predicted octanol–water partition coefficient (Wildman–Crippen LogP) is 0.560. The SMILES string of the molecule is O=C(CC(=O)N1CCN(c2ncccn2)CC1)NCc1ccc2c(c1)OCO2. The maximum atomic E-state index is 12.4. The number of piperazine rings is 1. The first-order valence-corrected chi connectivity index (χ1v) is 9.14. The molecule has 9 nitrogen and oxygen atoms in total. The van der Waals surface area contributed by atoms with E-state index in [4.69, 9.17) is 9.47 Å². The van der Waals surface area contributed by atoms with Crippen LogP contribution in [-0.4, -0.2) is 59.7 Å². The molecule has 1 fully saturated rings. The molecule has 0 bridgehead atoms. The van der Waals surface area contributed by atoms with Crippen LogP contribution in [0.1, 0.15) is 12.0 Å². The molecule has 0 atom stereocenters. The number of nitrogens with one attached hydrogen (secondary N) is 1. The number of anilines is 1. The Morgan fingerprint density at radius 2 is 1.79 bits per heavy atom. The summed E-state index contributed by atoms with van der Waals surface area (Å²) in [5, 5.41) is 2.78. The number of ether oxygens (including phenoxy) is 2. The van der Waals surface area contributed by atoms with Gasteiger partial charge in [-0.3, -0.25) is 9.59 Å². The number of rotatable bonds is 5. The number of fused-ring (bicyclic) bond motifs is 1. The molecule has 0 spiro atoms. The van der Waals surface area contributed by atoms with Crippen LogP contribution >= 0.6 is 0 Å². The smallest absolute Gasteiger partial charge is 0.232 e. The van der Waals surface area contributed by atoms with Crippen LogP contribution in [-0.2, 0) is 16.1 Å². The van der Waals surface area contributed by atoms with Crippen LogP contribution in [0, 0.1) is 0 Å². The van der Waals surface area contributed by atoms with E-state index in [1.54, 1.807) is 23.4 Å². The summed E-state index contributed by atoms with van der Waals surface area (Å²) >= 11 is 0. The fourth-order valence-corrected chi connectivity index (χ4v) is 3.17.